The Bertz CT molecular complexity index is 933. The minimum Gasteiger partial charge on any atom is -0.325 e. The van der Waals surface area contributed by atoms with Crippen LogP contribution in [0.1, 0.15) is 0 Å². The third-order valence-electron chi connectivity index (χ3n) is 3.63. The maximum atomic E-state index is 4.36. The van der Waals surface area contributed by atoms with Crippen LogP contribution in [-0.2, 0) is 0 Å². The van der Waals surface area contributed by atoms with Crippen molar-refractivity contribution in [1.82, 2.24) is 19.7 Å². The Kier molecular flexibility index (Phi) is 3.73. The molecule has 0 atom stereocenters. The molecule has 0 fully saturated rings. The lowest BCUT2D eigenvalue weighted by Gasteiger charge is -2.08. The molecule has 1 aromatic carbocycles. The first-order chi connectivity index (χ1) is 11.9. The summed E-state index contributed by atoms with van der Waals surface area (Å²) in [4.78, 5) is 8.63. The van der Waals surface area contributed by atoms with Gasteiger partial charge in [-0.25, -0.2) is 14.6 Å². The summed E-state index contributed by atoms with van der Waals surface area (Å²) in [6.07, 6.45) is 7.24. The van der Waals surface area contributed by atoms with E-state index in [9.17, 15) is 0 Å². The minimum atomic E-state index is 0.760. The van der Waals surface area contributed by atoms with Crippen LogP contribution in [0.2, 0.25) is 0 Å². The van der Waals surface area contributed by atoms with Gasteiger partial charge in [0, 0.05) is 24.8 Å². The van der Waals surface area contributed by atoms with E-state index in [-0.39, 0.29) is 0 Å². The quantitative estimate of drug-likeness (QED) is 0.617. The van der Waals surface area contributed by atoms with Crippen molar-refractivity contribution >= 4 is 11.6 Å². The fourth-order valence-electron chi connectivity index (χ4n) is 2.50. The van der Waals surface area contributed by atoms with Crippen molar-refractivity contribution in [2.24, 2.45) is 0 Å². The van der Waals surface area contributed by atoms with Crippen LogP contribution < -0.4 is 5.32 Å². The van der Waals surface area contributed by atoms with Gasteiger partial charge >= 0.3 is 0 Å². The molecule has 0 unspecified atom stereocenters. The first kappa shape index (κ1) is 14.1. The molecule has 0 saturated heterocycles. The third-order valence-corrected chi connectivity index (χ3v) is 3.63. The Morgan fingerprint density at radius 3 is 2.46 bits per heavy atom. The van der Waals surface area contributed by atoms with Crippen molar-refractivity contribution in [2.45, 2.75) is 0 Å². The van der Waals surface area contributed by atoms with Crippen molar-refractivity contribution in [1.29, 1.82) is 0 Å². The first-order valence-corrected chi connectivity index (χ1v) is 7.63. The number of rotatable bonds is 4. The SMILES string of the molecule is c1ccc(Nc2cc(-c3cccc(-n4cccn4)c3)ccn2)nc1. The molecule has 0 spiro atoms. The van der Waals surface area contributed by atoms with E-state index in [0.29, 0.717) is 0 Å². The van der Waals surface area contributed by atoms with E-state index in [1.807, 2.05) is 59.4 Å². The predicted octanol–water partition coefficient (Wildman–Crippen LogP) is 4.07. The van der Waals surface area contributed by atoms with Gasteiger partial charge in [-0.2, -0.15) is 5.10 Å². The molecule has 24 heavy (non-hydrogen) atoms. The van der Waals surface area contributed by atoms with Crippen LogP contribution in [0.5, 0.6) is 0 Å². The Labute approximate surface area is 139 Å². The molecule has 0 bridgehead atoms. The fourth-order valence-corrected chi connectivity index (χ4v) is 2.50. The monoisotopic (exact) mass is 313 g/mol. The van der Waals surface area contributed by atoms with Gasteiger partial charge in [-0.3, -0.25) is 0 Å². The van der Waals surface area contributed by atoms with E-state index >= 15 is 0 Å². The molecule has 0 aliphatic rings. The highest BCUT2D eigenvalue weighted by Crippen LogP contribution is 2.24. The summed E-state index contributed by atoms with van der Waals surface area (Å²) < 4.78 is 1.84. The van der Waals surface area contributed by atoms with Crippen LogP contribution in [0.4, 0.5) is 11.6 Å². The number of benzene rings is 1. The van der Waals surface area contributed by atoms with Crippen LogP contribution in [0, 0.1) is 0 Å². The van der Waals surface area contributed by atoms with Crippen LogP contribution in [0.25, 0.3) is 16.8 Å². The molecule has 3 heterocycles. The number of pyridine rings is 2. The largest absolute Gasteiger partial charge is 0.325 e. The second-order valence-electron chi connectivity index (χ2n) is 5.27. The number of nitrogens with zero attached hydrogens (tertiary/aromatic N) is 4. The highest BCUT2D eigenvalue weighted by molar-refractivity contribution is 5.69. The first-order valence-electron chi connectivity index (χ1n) is 7.63. The van der Waals surface area contributed by atoms with Crippen LogP contribution >= 0.6 is 0 Å². The highest BCUT2D eigenvalue weighted by atomic mass is 15.3. The van der Waals surface area contributed by atoms with E-state index in [1.54, 1.807) is 18.6 Å². The van der Waals surface area contributed by atoms with E-state index < -0.39 is 0 Å². The van der Waals surface area contributed by atoms with Gasteiger partial charge in [0.05, 0.1) is 5.69 Å². The van der Waals surface area contributed by atoms with Crippen LogP contribution in [-0.4, -0.2) is 19.7 Å². The summed E-state index contributed by atoms with van der Waals surface area (Å²) in [5.41, 5.74) is 3.21. The minimum absolute atomic E-state index is 0.760. The molecule has 0 aliphatic carbocycles. The van der Waals surface area contributed by atoms with Crippen molar-refractivity contribution in [2.75, 3.05) is 5.32 Å². The van der Waals surface area contributed by atoms with Gasteiger partial charge in [0.1, 0.15) is 11.6 Å². The number of hydrogen-bond donors (Lipinski definition) is 1. The summed E-state index contributed by atoms with van der Waals surface area (Å²) in [5.74, 6) is 1.53. The zero-order valence-electron chi connectivity index (χ0n) is 12.9. The van der Waals surface area contributed by atoms with Crippen LogP contribution in [0.3, 0.4) is 0 Å². The summed E-state index contributed by atoms with van der Waals surface area (Å²) in [5, 5.41) is 7.49. The maximum Gasteiger partial charge on any atom is 0.132 e. The average molecular weight is 313 g/mol. The van der Waals surface area contributed by atoms with E-state index in [1.165, 1.54) is 0 Å². The van der Waals surface area contributed by atoms with E-state index in [4.69, 9.17) is 0 Å². The Balaban J connectivity index is 1.65. The zero-order valence-corrected chi connectivity index (χ0v) is 12.9. The van der Waals surface area contributed by atoms with Crippen molar-refractivity contribution in [3.8, 4) is 16.8 Å². The molecule has 5 nitrogen and oxygen atoms in total. The molecule has 116 valence electrons. The normalized spacial score (nSPS) is 10.5. The summed E-state index contributed by atoms with van der Waals surface area (Å²) in [6, 6.07) is 19.9. The maximum absolute atomic E-state index is 4.36. The molecule has 0 amide bonds. The molecular weight excluding hydrogens is 298 g/mol. The Hall–Kier alpha value is -3.47. The van der Waals surface area contributed by atoms with E-state index in [0.717, 1.165) is 28.5 Å². The van der Waals surface area contributed by atoms with Gasteiger partial charge < -0.3 is 5.32 Å². The Morgan fingerprint density at radius 1 is 0.708 bits per heavy atom. The van der Waals surface area contributed by atoms with Crippen molar-refractivity contribution in [3.63, 3.8) is 0 Å². The molecule has 0 radical (unpaired) electrons. The lowest BCUT2D eigenvalue weighted by molar-refractivity contribution is 0.881. The average Bonchev–Trinajstić information content (AvgIpc) is 3.18. The van der Waals surface area contributed by atoms with Gasteiger partial charge in [-0.05, 0) is 53.6 Å². The fraction of sp³-hybridized carbons (Fsp3) is 0. The standard InChI is InChI=1S/C19H15N5/c1-2-9-20-18(7-1)23-19-14-16(8-11-21-19)15-5-3-6-17(13-15)24-12-4-10-22-24/h1-14H,(H,20,21,23). The second-order valence-corrected chi connectivity index (χ2v) is 5.27. The molecule has 4 rings (SSSR count). The summed E-state index contributed by atoms with van der Waals surface area (Å²) in [6.45, 7) is 0. The highest BCUT2D eigenvalue weighted by Gasteiger charge is 2.04. The van der Waals surface area contributed by atoms with E-state index in [2.05, 4.69) is 32.5 Å². The van der Waals surface area contributed by atoms with Crippen LogP contribution in [0.15, 0.2) is 85.5 Å². The molecule has 4 aromatic rings. The third kappa shape index (κ3) is 3.01. The lowest BCUT2D eigenvalue weighted by atomic mass is 10.1. The molecular formula is C19H15N5. The second kappa shape index (κ2) is 6.34. The molecule has 0 saturated carbocycles. The molecule has 5 heteroatoms. The number of nitrogens with one attached hydrogen (secondary N) is 1. The number of hydrogen-bond acceptors (Lipinski definition) is 4. The lowest BCUT2D eigenvalue weighted by Crippen LogP contribution is -1.96. The zero-order chi connectivity index (χ0) is 16.2. The summed E-state index contributed by atoms with van der Waals surface area (Å²) >= 11 is 0. The van der Waals surface area contributed by atoms with Crippen molar-refractivity contribution < 1.29 is 0 Å². The molecule has 1 N–H and O–H groups in total. The number of aromatic nitrogens is 4. The predicted molar refractivity (Wildman–Crippen MR) is 94.3 cm³/mol. The molecule has 0 aliphatic heterocycles. The summed E-state index contributed by atoms with van der Waals surface area (Å²) in [7, 11) is 0. The van der Waals surface area contributed by atoms with Gasteiger partial charge in [0.2, 0.25) is 0 Å². The number of anilines is 2. The van der Waals surface area contributed by atoms with Crippen molar-refractivity contribution in [3.05, 3.63) is 85.5 Å². The van der Waals surface area contributed by atoms with Gasteiger partial charge in [0.25, 0.3) is 0 Å². The topological polar surface area (TPSA) is 55.6 Å². The van der Waals surface area contributed by atoms with Gasteiger partial charge in [-0.1, -0.05) is 18.2 Å². The Morgan fingerprint density at radius 2 is 1.62 bits per heavy atom. The van der Waals surface area contributed by atoms with Gasteiger partial charge in [0.15, 0.2) is 0 Å². The molecule has 3 aromatic heterocycles. The van der Waals surface area contributed by atoms with Gasteiger partial charge in [-0.15, -0.1) is 0 Å². The smallest absolute Gasteiger partial charge is 0.132 e.